The molecule has 1 aliphatic heterocycles. The van der Waals surface area contributed by atoms with E-state index in [0.717, 1.165) is 37.9 Å². The molecular formula is C21H27NO4. The standard InChI is InChI=1S/C21H27NO4/c1-13(2)16-6-5-14(3)9-17(16)20-18(23)10-15(11-19(20)24)12-26-21(25)22-7-4-8-22/h9-11,16-17,23-24H,1,4-8,12H2,2-3H3/t16-,17+/m0/s1. The van der Waals surface area contributed by atoms with Crippen molar-refractivity contribution < 1.29 is 19.7 Å². The lowest BCUT2D eigenvalue weighted by Gasteiger charge is -2.31. The molecule has 1 amide bonds. The van der Waals surface area contributed by atoms with Gasteiger partial charge < -0.3 is 19.8 Å². The molecule has 2 atom stereocenters. The zero-order chi connectivity index (χ0) is 18.8. The van der Waals surface area contributed by atoms with E-state index in [-0.39, 0.29) is 36.0 Å². The summed E-state index contributed by atoms with van der Waals surface area (Å²) in [6.07, 6.45) is 4.72. The van der Waals surface area contributed by atoms with Crippen LogP contribution >= 0.6 is 0 Å². The van der Waals surface area contributed by atoms with Crippen LogP contribution in [0.25, 0.3) is 0 Å². The fourth-order valence-corrected chi connectivity index (χ4v) is 3.75. The van der Waals surface area contributed by atoms with E-state index in [1.54, 1.807) is 17.0 Å². The molecule has 1 heterocycles. The summed E-state index contributed by atoms with van der Waals surface area (Å²) in [5.74, 6) is 0.147. The topological polar surface area (TPSA) is 70.0 Å². The third kappa shape index (κ3) is 3.71. The molecule has 5 nitrogen and oxygen atoms in total. The molecule has 1 aromatic rings. The first-order valence-corrected chi connectivity index (χ1v) is 9.16. The van der Waals surface area contributed by atoms with Crippen LogP contribution in [0.2, 0.25) is 0 Å². The minimum atomic E-state index is -0.354. The molecule has 0 unspecified atom stereocenters. The summed E-state index contributed by atoms with van der Waals surface area (Å²) in [6.45, 7) is 9.62. The van der Waals surface area contributed by atoms with Crippen LogP contribution in [-0.2, 0) is 11.3 Å². The Bertz CT molecular complexity index is 725. The van der Waals surface area contributed by atoms with Gasteiger partial charge in [0.2, 0.25) is 0 Å². The lowest BCUT2D eigenvalue weighted by Crippen LogP contribution is -2.42. The van der Waals surface area contributed by atoms with E-state index in [2.05, 4.69) is 19.6 Å². The van der Waals surface area contributed by atoms with Crippen LogP contribution in [-0.4, -0.2) is 34.3 Å². The van der Waals surface area contributed by atoms with Crippen molar-refractivity contribution in [2.45, 2.75) is 45.6 Å². The van der Waals surface area contributed by atoms with Gasteiger partial charge in [0.05, 0.1) is 0 Å². The Labute approximate surface area is 154 Å². The van der Waals surface area contributed by atoms with E-state index in [1.807, 2.05) is 6.92 Å². The van der Waals surface area contributed by atoms with Gasteiger partial charge in [-0.25, -0.2) is 4.79 Å². The van der Waals surface area contributed by atoms with Crippen LogP contribution in [0, 0.1) is 5.92 Å². The molecule has 0 radical (unpaired) electrons. The van der Waals surface area contributed by atoms with Gasteiger partial charge >= 0.3 is 6.09 Å². The largest absolute Gasteiger partial charge is 0.507 e. The maximum Gasteiger partial charge on any atom is 0.410 e. The van der Waals surface area contributed by atoms with Gasteiger partial charge in [-0.3, -0.25) is 0 Å². The Morgan fingerprint density at radius 2 is 1.96 bits per heavy atom. The van der Waals surface area contributed by atoms with E-state index < -0.39 is 0 Å². The van der Waals surface area contributed by atoms with Crippen molar-refractivity contribution in [3.05, 3.63) is 47.1 Å². The first kappa shape index (κ1) is 18.4. The number of aromatic hydroxyl groups is 2. The van der Waals surface area contributed by atoms with Crippen LogP contribution in [0.15, 0.2) is 35.9 Å². The Balaban J connectivity index is 1.81. The van der Waals surface area contributed by atoms with Gasteiger partial charge in [-0.1, -0.05) is 23.8 Å². The first-order valence-electron chi connectivity index (χ1n) is 9.16. The molecule has 2 aliphatic rings. The highest BCUT2D eigenvalue weighted by Gasteiger charge is 2.30. The quantitative estimate of drug-likeness (QED) is 0.781. The summed E-state index contributed by atoms with van der Waals surface area (Å²) in [7, 11) is 0. The van der Waals surface area contributed by atoms with Gasteiger partial charge in [-0.15, -0.1) is 0 Å². The number of phenolic OH excluding ortho intramolecular Hbond substituents is 2. The van der Waals surface area contributed by atoms with Crippen molar-refractivity contribution in [1.82, 2.24) is 4.90 Å². The molecule has 140 valence electrons. The number of carbonyl (C=O) groups is 1. The van der Waals surface area contributed by atoms with Crippen molar-refractivity contribution in [3.8, 4) is 11.5 Å². The van der Waals surface area contributed by atoms with E-state index in [0.29, 0.717) is 11.1 Å². The van der Waals surface area contributed by atoms with Gasteiger partial charge in [0.15, 0.2) is 0 Å². The number of hydrogen-bond donors (Lipinski definition) is 2. The number of allylic oxidation sites excluding steroid dienone is 3. The fraction of sp³-hybridized carbons (Fsp3) is 0.476. The highest BCUT2D eigenvalue weighted by molar-refractivity contribution is 5.68. The van der Waals surface area contributed by atoms with Crippen molar-refractivity contribution in [2.75, 3.05) is 13.1 Å². The van der Waals surface area contributed by atoms with Gasteiger partial charge in [0.1, 0.15) is 18.1 Å². The van der Waals surface area contributed by atoms with Gasteiger partial charge in [0.25, 0.3) is 0 Å². The molecule has 0 spiro atoms. The van der Waals surface area contributed by atoms with E-state index >= 15 is 0 Å². The second-order valence-corrected chi connectivity index (χ2v) is 7.47. The summed E-state index contributed by atoms with van der Waals surface area (Å²) < 4.78 is 5.24. The molecule has 26 heavy (non-hydrogen) atoms. The summed E-state index contributed by atoms with van der Waals surface area (Å²) >= 11 is 0. The Morgan fingerprint density at radius 1 is 1.31 bits per heavy atom. The molecule has 1 aromatic carbocycles. The highest BCUT2D eigenvalue weighted by Crippen LogP contribution is 2.46. The zero-order valence-corrected chi connectivity index (χ0v) is 15.5. The highest BCUT2D eigenvalue weighted by atomic mass is 16.6. The number of benzene rings is 1. The van der Waals surface area contributed by atoms with Gasteiger partial charge in [-0.2, -0.15) is 0 Å². The Kier molecular flexibility index (Phi) is 5.25. The van der Waals surface area contributed by atoms with Crippen molar-refractivity contribution in [2.24, 2.45) is 5.92 Å². The number of likely N-dealkylation sites (tertiary alicyclic amines) is 1. The number of nitrogens with zero attached hydrogens (tertiary/aromatic N) is 1. The number of phenols is 2. The SMILES string of the molecule is C=C(C)[C@@H]1CCC(C)=C[C@H]1c1c(O)cc(COC(=O)N2CCC2)cc1O. The smallest absolute Gasteiger partial charge is 0.410 e. The van der Waals surface area contributed by atoms with E-state index in [1.165, 1.54) is 5.57 Å². The van der Waals surface area contributed by atoms with Gasteiger partial charge in [0, 0.05) is 24.6 Å². The summed E-state index contributed by atoms with van der Waals surface area (Å²) in [5.41, 5.74) is 3.39. The van der Waals surface area contributed by atoms with Gasteiger partial charge in [-0.05, 0) is 56.7 Å². The van der Waals surface area contributed by atoms with E-state index in [4.69, 9.17) is 4.74 Å². The number of carbonyl (C=O) groups excluding carboxylic acids is 1. The number of ether oxygens (including phenoxy) is 1. The maximum absolute atomic E-state index is 11.8. The minimum Gasteiger partial charge on any atom is -0.507 e. The summed E-state index contributed by atoms with van der Waals surface area (Å²) in [6, 6.07) is 3.15. The predicted molar refractivity (Wildman–Crippen MR) is 100 cm³/mol. The third-order valence-electron chi connectivity index (χ3n) is 5.39. The molecule has 1 saturated heterocycles. The summed E-state index contributed by atoms with van der Waals surface area (Å²) in [4.78, 5) is 13.4. The van der Waals surface area contributed by atoms with Crippen LogP contribution in [0.3, 0.4) is 0 Å². The van der Waals surface area contributed by atoms with Crippen molar-refractivity contribution in [1.29, 1.82) is 0 Å². The molecule has 0 bridgehead atoms. The molecule has 5 heteroatoms. The van der Waals surface area contributed by atoms with E-state index in [9.17, 15) is 15.0 Å². The average molecular weight is 357 g/mol. The van der Waals surface area contributed by atoms with Crippen LogP contribution in [0.4, 0.5) is 4.79 Å². The molecular weight excluding hydrogens is 330 g/mol. The molecule has 1 aliphatic carbocycles. The molecule has 2 N–H and O–H groups in total. The lowest BCUT2D eigenvalue weighted by atomic mass is 9.74. The number of rotatable bonds is 4. The summed E-state index contributed by atoms with van der Waals surface area (Å²) in [5, 5.41) is 21.1. The Morgan fingerprint density at radius 3 is 2.50 bits per heavy atom. The average Bonchev–Trinajstić information content (AvgIpc) is 2.50. The molecule has 3 rings (SSSR count). The number of amides is 1. The second kappa shape index (κ2) is 7.44. The first-order chi connectivity index (χ1) is 12.4. The predicted octanol–water partition coefficient (Wildman–Crippen LogP) is 4.46. The molecule has 0 aromatic heterocycles. The third-order valence-corrected chi connectivity index (χ3v) is 5.39. The lowest BCUT2D eigenvalue weighted by molar-refractivity contribution is 0.0753. The fourth-order valence-electron chi connectivity index (χ4n) is 3.75. The second-order valence-electron chi connectivity index (χ2n) is 7.47. The minimum absolute atomic E-state index is 0.0280. The van der Waals surface area contributed by atoms with Crippen molar-refractivity contribution in [3.63, 3.8) is 0 Å². The van der Waals surface area contributed by atoms with Crippen LogP contribution < -0.4 is 0 Å². The van der Waals surface area contributed by atoms with Crippen LogP contribution in [0.5, 0.6) is 11.5 Å². The van der Waals surface area contributed by atoms with Crippen molar-refractivity contribution >= 4 is 6.09 Å². The monoisotopic (exact) mass is 357 g/mol. The molecule has 1 fully saturated rings. The maximum atomic E-state index is 11.8. The number of hydrogen-bond acceptors (Lipinski definition) is 4. The zero-order valence-electron chi connectivity index (χ0n) is 15.5. The van der Waals surface area contributed by atoms with Crippen LogP contribution in [0.1, 0.15) is 50.2 Å². The normalized spacial score (nSPS) is 22.4. The Hall–Kier alpha value is -2.43. The molecule has 0 saturated carbocycles.